The molecule has 0 aliphatic carbocycles. The van der Waals surface area contributed by atoms with Gasteiger partial charge in [0.1, 0.15) is 11.3 Å². The summed E-state index contributed by atoms with van der Waals surface area (Å²) in [6, 6.07) is 14.2. The summed E-state index contributed by atoms with van der Waals surface area (Å²) in [6.45, 7) is 0.712. The van der Waals surface area contributed by atoms with Crippen molar-refractivity contribution in [3.63, 3.8) is 0 Å². The topological polar surface area (TPSA) is 92.5 Å². The van der Waals surface area contributed by atoms with Crippen LogP contribution in [0.5, 0.6) is 11.6 Å². The Kier molecular flexibility index (Phi) is 4.67. The molecule has 0 spiro atoms. The minimum atomic E-state index is -0.614. The van der Waals surface area contributed by atoms with Gasteiger partial charge in [-0.15, -0.1) is 0 Å². The Balaban J connectivity index is 1.78. The molecule has 0 saturated carbocycles. The fraction of sp³-hybridized carbons (Fsp3) is 0.250. The van der Waals surface area contributed by atoms with Crippen molar-refractivity contribution in [3.8, 4) is 17.3 Å². The van der Waals surface area contributed by atoms with E-state index >= 15 is 0 Å². The summed E-state index contributed by atoms with van der Waals surface area (Å²) >= 11 is 0. The van der Waals surface area contributed by atoms with Gasteiger partial charge in [-0.05, 0) is 49.4 Å². The van der Waals surface area contributed by atoms with Crippen molar-refractivity contribution in [1.82, 2.24) is 19.0 Å². The highest BCUT2D eigenvalue weighted by Gasteiger charge is 2.35. The first-order valence-electron chi connectivity index (χ1n) is 10.4. The first-order valence-corrected chi connectivity index (χ1v) is 10.4. The second-order valence-corrected chi connectivity index (χ2v) is 8.11. The van der Waals surface area contributed by atoms with E-state index in [1.165, 1.54) is 7.05 Å². The lowest BCUT2D eigenvalue weighted by atomic mass is 9.93. The fourth-order valence-corrected chi connectivity index (χ4v) is 4.65. The number of aromatic amines is 1. The number of para-hydroxylation sites is 1. The van der Waals surface area contributed by atoms with E-state index in [0.29, 0.717) is 18.0 Å². The van der Waals surface area contributed by atoms with E-state index < -0.39 is 17.3 Å². The molecule has 0 saturated heterocycles. The normalized spacial score (nSPS) is 16.3. The van der Waals surface area contributed by atoms with Gasteiger partial charge in [0.15, 0.2) is 0 Å². The van der Waals surface area contributed by atoms with Crippen LogP contribution in [-0.2, 0) is 13.5 Å². The van der Waals surface area contributed by atoms with Gasteiger partial charge in [-0.2, -0.15) is 0 Å². The van der Waals surface area contributed by atoms with Crippen molar-refractivity contribution in [2.24, 2.45) is 7.05 Å². The second-order valence-electron chi connectivity index (χ2n) is 8.11. The van der Waals surface area contributed by atoms with Gasteiger partial charge in [0.05, 0.1) is 18.8 Å². The lowest BCUT2D eigenvalue weighted by Crippen LogP contribution is -2.43. The number of rotatable bonds is 3. The zero-order chi connectivity index (χ0) is 22.6. The van der Waals surface area contributed by atoms with Gasteiger partial charge < -0.3 is 14.8 Å². The number of nitrogens with one attached hydrogen (secondary N) is 1. The number of aromatic nitrogens is 3. The van der Waals surface area contributed by atoms with Crippen LogP contribution in [0.4, 0.5) is 0 Å². The Morgan fingerprint density at radius 1 is 1.06 bits per heavy atom. The van der Waals surface area contributed by atoms with Crippen LogP contribution in [0.15, 0.2) is 58.1 Å². The van der Waals surface area contributed by atoms with Gasteiger partial charge in [0, 0.05) is 30.2 Å². The van der Waals surface area contributed by atoms with Crippen molar-refractivity contribution in [2.45, 2.75) is 12.5 Å². The molecule has 2 aromatic heterocycles. The van der Waals surface area contributed by atoms with Gasteiger partial charge in [-0.25, -0.2) is 9.36 Å². The van der Waals surface area contributed by atoms with Crippen LogP contribution in [0, 0.1) is 0 Å². The number of hydrogen-bond acceptors (Lipinski definition) is 5. The lowest BCUT2D eigenvalue weighted by Gasteiger charge is -2.33. The van der Waals surface area contributed by atoms with Crippen LogP contribution in [0.25, 0.3) is 16.6 Å². The summed E-state index contributed by atoms with van der Waals surface area (Å²) < 4.78 is 7.40. The van der Waals surface area contributed by atoms with E-state index in [0.717, 1.165) is 37.7 Å². The van der Waals surface area contributed by atoms with Crippen LogP contribution in [0.1, 0.15) is 22.9 Å². The summed E-state index contributed by atoms with van der Waals surface area (Å²) in [4.78, 5) is 32.2. The van der Waals surface area contributed by atoms with Crippen LogP contribution < -0.4 is 16.0 Å². The van der Waals surface area contributed by atoms with Gasteiger partial charge in [-0.3, -0.25) is 14.3 Å². The molecule has 3 heterocycles. The van der Waals surface area contributed by atoms with Gasteiger partial charge in [0.2, 0.25) is 5.88 Å². The Hall–Kier alpha value is -3.78. The molecule has 164 valence electrons. The quantitative estimate of drug-likeness (QED) is 0.518. The van der Waals surface area contributed by atoms with E-state index in [2.05, 4.69) is 11.1 Å². The predicted molar refractivity (Wildman–Crippen MR) is 122 cm³/mol. The smallest absolute Gasteiger partial charge is 0.338 e. The van der Waals surface area contributed by atoms with Crippen LogP contribution in [0.3, 0.4) is 0 Å². The zero-order valence-electron chi connectivity index (χ0n) is 18.1. The monoisotopic (exact) mass is 432 g/mol. The summed E-state index contributed by atoms with van der Waals surface area (Å²) in [5, 5.41) is 12.1. The van der Waals surface area contributed by atoms with Crippen molar-refractivity contribution >= 4 is 10.9 Å². The molecule has 4 aromatic rings. The maximum atomic E-state index is 13.7. The number of H-pyrrole nitrogens is 1. The molecule has 1 atom stereocenters. The SMILES string of the molecule is COc1ccc(-n2c(=O)c([C@H]3c4[nH]c5ccccc5c4CCN3C)c(O)n(C)c2=O)cc1. The summed E-state index contributed by atoms with van der Waals surface area (Å²) in [5.74, 6) is 0.292. The number of ether oxygens (including phenoxy) is 1. The molecule has 1 aliphatic rings. The third-order valence-electron chi connectivity index (χ3n) is 6.35. The fourth-order valence-electron chi connectivity index (χ4n) is 4.65. The highest BCUT2D eigenvalue weighted by Crippen LogP contribution is 2.38. The third-order valence-corrected chi connectivity index (χ3v) is 6.35. The predicted octanol–water partition coefficient (Wildman–Crippen LogP) is 2.31. The summed E-state index contributed by atoms with van der Waals surface area (Å²) in [7, 11) is 4.94. The van der Waals surface area contributed by atoms with Gasteiger partial charge >= 0.3 is 5.69 Å². The number of methoxy groups -OCH3 is 1. The van der Waals surface area contributed by atoms with Crippen LogP contribution in [-0.4, -0.2) is 44.8 Å². The van der Waals surface area contributed by atoms with E-state index in [1.54, 1.807) is 31.4 Å². The minimum Gasteiger partial charge on any atom is -0.497 e. The highest BCUT2D eigenvalue weighted by molar-refractivity contribution is 5.85. The number of nitrogens with zero attached hydrogens (tertiary/aromatic N) is 3. The molecule has 32 heavy (non-hydrogen) atoms. The molecule has 0 radical (unpaired) electrons. The van der Waals surface area contributed by atoms with Gasteiger partial charge in [-0.1, -0.05) is 18.2 Å². The molecular formula is C24H24N4O4. The number of fused-ring (bicyclic) bond motifs is 3. The first-order chi connectivity index (χ1) is 15.4. The van der Waals surface area contributed by atoms with Crippen molar-refractivity contribution < 1.29 is 9.84 Å². The van der Waals surface area contributed by atoms with Crippen LogP contribution >= 0.6 is 0 Å². The maximum absolute atomic E-state index is 13.7. The third kappa shape index (κ3) is 2.87. The van der Waals surface area contributed by atoms with Crippen molar-refractivity contribution in [1.29, 1.82) is 0 Å². The minimum absolute atomic E-state index is 0.165. The lowest BCUT2D eigenvalue weighted by molar-refractivity contribution is 0.250. The number of hydrogen-bond donors (Lipinski definition) is 2. The summed E-state index contributed by atoms with van der Waals surface area (Å²) in [5.41, 5.74) is 2.40. The zero-order valence-corrected chi connectivity index (χ0v) is 18.1. The highest BCUT2D eigenvalue weighted by atomic mass is 16.5. The molecule has 0 bridgehead atoms. The molecule has 0 fully saturated rings. The average molecular weight is 432 g/mol. The Labute approximate surface area is 183 Å². The van der Waals surface area contributed by atoms with Crippen LogP contribution in [0.2, 0.25) is 0 Å². The maximum Gasteiger partial charge on any atom is 0.338 e. The molecule has 8 heteroatoms. The Morgan fingerprint density at radius 2 is 1.78 bits per heavy atom. The van der Waals surface area contributed by atoms with Crippen molar-refractivity contribution in [2.75, 3.05) is 20.7 Å². The molecular weight excluding hydrogens is 408 g/mol. The second kappa shape index (κ2) is 7.42. The summed E-state index contributed by atoms with van der Waals surface area (Å²) in [6.07, 6.45) is 0.825. The molecule has 8 nitrogen and oxygen atoms in total. The molecule has 5 rings (SSSR count). The molecule has 2 aromatic carbocycles. The molecule has 1 aliphatic heterocycles. The van der Waals surface area contributed by atoms with E-state index in [4.69, 9.17) is 4.74 Å². The largest absolute Gasteiger partial charge is 0.497 e. The standard InChI is InChI=1S/C24H24N4O4/c1-26-13-12-17-16-6-4-5-7-18(16)25-20(17)21(26)19-22(29)27(2)24(31)28(23(19)30)14-8-10-15(32-3)11-9-14/h4-11,21,25,29H,12-13H2,1-3H3/t21-/m0/s1. The van der Waals surface area contributed by atoms with Gasteiger partial charge in [0.25, 0.3) is 5.56 Å². The molecule has 0 amide bonds. The average Bonchev–Trinajstić information content (AvgIpc) is 3.18. The Bertz CT molecular complexity index is 1450. The van der Waals surface area contributed by atoms with E-state index in [1.807, 2.05) is 30.1 Å². The molecule has 0 unspecified atom stereocenters. The Morgan fingerprint density at radius 3 is 2.50 bits per heavy atom. The number of likely N-dealkylation sites (N-methyl/N-ethyl adjacent to an activating group) is 1. The van der Waals surface area contributed by atoms with Crippen molar-refractivity contribution in [3.05, 3.63) is 86.2 Å². The van der Waals surface area contributed by atoms with E-state index in [-0.39, 0.29) is 11.4 Å². The van der Waals surface area contributed by atoms with E-state index in [9.17, 15) is 14.7 Å². The first kappa shape index (κ1) is 20.1. The number of benzene rings is 2. The number of aromatic hydroxyl groups is 1. The molecule has 2 N–H and O–H groups in total.